The van der Waals surface area contributed by atoms with Crippen LogP contribution in [0, 0.1) is 0 Å². The van der Waals surface area contributed by atoms with Crippen molar-refractivity contribution in [3.8, 4) is 0 Å². The first-order valence-corrected chi connectivity index (χ1v) is 5.84. The van der Waals surface area contributed by atoms with E-state index in [9.17, 15) is 5.11 Å². The Morgan fingerprint density at radius 3 is 2.40 bits per heavy atom. The van der Waals surface area contributed by atoms with Gasteiger partial charge in [-0.15, -0.1) is 0 Å². The Morgan fingerprint density at radius 1 is 1.27 bits per heavy atom. The first-order chi connectivity index (χ1) is 7.09. The molecule has 2 N–H and O–H groups in total. The van der Waals surface area contributed by atoms with E-state index in [4.69, 9.17) is 4.74 Å². The second-order valence-corrected chi connectivity index (χ2v) is 4.51. The summed E-state index contributed by atoms with van der Waals surface area (Å²) < 4.78 is 5.30. The Bertz CT molecular complexity index is 170. The van der Waals surface area contributed by atoms with Crippen LogP contribution in [0.1, 0.15) is 20.8 Å². The molecule has 4 heteroatoms. The van der Waals surface area contributed by atoms with Crippen molar-refractivity contribution in [2.75, 3.05) is 32.8 Å². The molecule has 3 unspecified atom stereocenters. The van der Waals surface area contributed by atoms with E-state index in [1.165, 1.54) is 0 Å². The third-order valence-electron chi connectivity index (χ3n) is 2.91. The molecule has 1 saturated heterocycles. The number of nitrogens with zero attached hydrogens (tertiary/aromatic N) is 1. The maximum atomic E-state index is 9.38. The summed E-state index contributed by atoms with van der Waals surface area (Å²) in [5.41, 5.74) is 0. The minimum Gasteiger partial charge on any atom is -0.392 e. The smallest absolute Gasteiger partial charge is 0.0662 e. The monoisotopic (exact) mass is 216 g/mol. The molecule has 0 aromatic heterocycles. The molecule has 0 amide bonds. The average Bonchev–Trinajstić information content (AvgIpc) is 2.18. The quantitative estimate of drug-likeness (QED) is 0.682. The van der Waals surface area contributed by atoms with Gasteiger partial charge < -0.3 is 15.2 Å². The summed E-state index contributed by atoms with van der Waals surface area (Å²) in [6.07, 6.45) is -0.294. The number of aliphatic hydroxyl groups excluding tert-OH is 1. The molecule has 1 aliphatic heterocycles. The molecule has 0 spiro atoms. The number of nitrogens with one attached hydrogen (secondary N) is 1. The van der Waals surface area contributed by atoms with E-state index in [1.54, 1.807) is 0 Å². The van der Waals surface area contributed by atoms with Gasteiger partial charge in [0.2, 0.25) is 0 Å². The third-order valence-corrected chi connectivity index (χ3v) is 2.91. The van der Waals surface area contributed by atoms with Gasteiger partial charge in [-0.25, -0.2) is 0 Å². The van der Waals surface area contributed by atoms with E-state index >= 15 is 0 Å². The number of hydrogen-bond donors (Lipinski definition) is 2. The molecule has 0 aromatic rings. The van der Waals surface area contributed by atoms with Crippen LogP contribution < -0.4 is 5.32 Å². The zero-order valence-electron chi connectivity index (χ0n) is 10.1. The first kappa shape index (κ1) is 12.9. The highest BCUT2D eigenvalue weighted by Gasteiger charge is 2.16. The molecule has 0 bridgehead atoms. The van der Waals surface area contributed by atoms with Crippen LogP contribution in [0.4, 0.5) is 0 Å². The SMILES string of the molecule is CC(CN1CCOCC1)NC(C)C(C)O. The topological polar surface area (TPSA) is 44.7 Å². The second kappa shape index (κ2) is 6.43. The third kappa shape index (κ3) is 4.93. The lowest BCUT2D eigenvalue weighted by Crippen LogP contribution is -2.48. The summed E-state index contributed by atoms with van der Waals surface area (Å²) in [4.78, 5) is 2.40. The zero-order valence-corrected chi connectivity index (χ0v) is 10.1. The molecule has 15 heavy (non-hydrogen) atoms. The Kier molecular flexibility index (Phi) is 5.53. The largest absolute Gasteiger partial charge is 0.392 e. The van der Waals surface area contributed by atoms with Crippen molar-refractivity contribution in [3.63, 3.8) is 0 Å². The maximum absolute atomic E-state index is 9.38. The van der Waals surface area contributed by atoms with E-state index < -0.39 is 0 Å². The molecule has 1 rings (SSSR count). The summed E-state index contributed by atoms with van der Waals surface area (Å²) in [6.45, 7) is 10.8. The molecular weight excluding hydrogens is 192 g/mol. The maximum Gasteiger partial charge on any atom is 0.0662 e. The highest BCUT2D eigenvalue weighted by atomic mass is 16.5. The molecule has 1 heterocycles. The molecule has 0 saturated carbocycles. The van der Waals surface area contributed by atoms with Crippen molar-refractivity contribution in [1.29, 1.82) is 0 Å². The molecule has 90 valence electrons. The number of morpholine rings is 1. The Balaban J connectivity index is 2.19. The van der Waals surface area contributed by atoms with E-state index in [0.717, 1.165) is 32.8 Å². The standard InChI is InChI=1S/C11H24N2O2/c1-9(12-10(2)11(3)14)8-13-4-6-15-7-5-13/h9-12,14H,4-8H2,1-3H3. The molecule has 1 fully saturated rings. The van der Waals surface area contributed by atoms with Gasteiger partial charge >= 0.3 is 0 Å². The van der Waals surface area contributed by atoms with Crippen molar-refractivity contribution < 1.29 is 9.84 Å². The highest BCUT2D eigenvalue weighted by molar-refractivity contribution is 4.75. The lowest BCUT2D eigenvalue weighted by atomic mass is 10.2. The molecule has 3 atom stereocenters. The predicted octanol–water partition coefficient (Wildman–Crippen LogP) is 0.0660. The Labute approximate surface area is 92.6 Å². The summed E-state index contributed by atoms with van der Waals surface area (Å²) >= 11 is 0. The number of ether oxygens (including phenoxy) is 1. The molecule has 0 aliphatic carbocycles. The lowest BCUT2D eigenvalue weighted by Gasteiger charge is -2.31. The highest BCUT2D eigenvalue weighted by Crippen LogP contribution is 2.00. The summed E-state index contributed by atoms with van der Waals surface area (Å²) in [5, 5.41) is 12.8. The van der Waals surface area contributed by atoms with Gasteiger partial charge in [0.15, 0.2) is 0 Å². The van der Waals surface area contributed by atoms with Gasteiger partial charge in [-0.05, 0) is 20.8 Å². The Hall–Kier alpha value is -0.160. The second-order valence-electron chi connectivity index (χ2n) is 4.51. The van der Waals surface area contributed by atoms with Gasteiger partial charge in [-0.3, -0.25) is 4.90 Å². The first-order valence-electron chi connectivity index (χ1n) is 5.84. The van der Waals surface area contributed by atoms with Crippen molar-refractivity contribution in [3.05, 3.63) is 0 Å². The molecule has 4 nitrogen and oxygen atoms in total. The van der Waals surface area contributed by atoms with E-state index in [0.29, 0.717) is 6.04 Å². The normalized spacial score (nSPS) is 24.8. The molecule has 0 radical (unpaired) electrons. The fraction of sp³-hybridized carbons (Fsp3) is 1.00. The van der Waals surface area contributed by atoms with Crippen LogP contribution in [-0.4, -0.2) is 61.0 Å². The van der Waals surface area contributed by atoms with Gasteiger partial charge in [-0.1, -0.05) is 0 Å². The van der Waals surface area contributed by atoms with Crippen LogP contribution >= 0.6 is 0 Å². The summed E-state index contributed by atoms with van der Waals surface area (Å²) in [5.74, 6) is 0. The minimum absolute atomic E-state index is 0.154. The van der Waals surface area contributed by atoms with Crippen LogP contribution in [0.3, 0.4) is 0 Å². The van der Waals surface area contributed by atoms with Gasteiger partial charge in [0.1, 0.15) is 0 Å². The fourth-order valence-electron chi connectivity index (χ4n) is 1.81. The van der Waals surface area contributed by atoms with E-state index in [-0.39, 0.29) is 12.1 Å². The number of aliphatic hydroxyl groups is 1. The van der Waals surface area contributed by atoms with Crippen LogP contribution in [0.15, 0.2) is 0 Å². The van der Waals surface area contributed by atoms with Crippen molar-refractivity contribution in [2.45, 2.75) is 39.0 Å². The number of rotatable bonds is 5. The van der Waals surface area contributed by atoms with Crippen molar-refractivity contribution in [1.82, 2.24) is 10.2 Å². The zero-order chi connectivity index (χ0) is 11.3. The molecule has 0 aromatic carbocycles. The summed E-state index contributed by atoms with van der Waals surface area (Å²) in [6, 6.07) is 0.564. The van der Waals surface area contributed by atoms with E-state index in [2.05, 4.69) is 17.1 Å². The van der Waals surface area contributed by atoms with Gasteiger partial charge in [0.25, 0.3) is 0 Å². The average molecular weight is 216 g/mol. The molecular formula is C11H24N2O2. The molecule has 1 aliphatic rings. The lowest BCUT2D eigenvalue weighted by molar-refractivity contribution is 0.0326. The summed E-state index contributed by atoms with van der Waals surface area (Å²) in [7, 11) is 0. The van der Waals surface area contributed by atoms with E-state index in [1.807, 2.05) is 13.8 Å². The Morgan fingerprint density at radius 2 is 1.87 bits per heavy atom. The van der Waals surface area contributed by atoms with Crippen molar-refractivity contribution >= 4 is 0 Å². The van der Waals surface area contributed by atoms with Crippen molar-refractivity contribution in [2.24, 2.45) is 0 Å². The van der Waals surface area contributed by atoms with Gasteiger partial charge in [0.05, 0.1) is 19.3 Å². The van der Waals surface area contributed by atoms with Gasteiger partial charge in [0, 0.05) is 31.7 Å². The minimum atomic E-state index is -0.294. The number of hydrogen-bond acceptors (Lipinski definition) is 4. The van der Waals surface area contributed by atoms with Crippen LogP contribution in [0.5, 0.6) is 0 Å². The van der Waals surface area contributed by atoms with Gasteiger partial charge in [-0.2, -0.15) is 0 Å². The van der Waals surface area contributed by atoms with Crippen LogP contribution in [0.25, 0.3) is 0 Å². The van der Waals surface area contributed by atoms with Crippen LogP contribution in [-0.2, 0) is 4.74 Å². The predicted molar refractivity (Wildman–Crippen MR) is 61.0 cm³/mol. The fourth-order valence-corrected chi connectivity index (χ4v) is 1.81. The van der Waals surface area contributed by atoms with Crippen LogP contribution in [0.2, 0.25) is 0 Å².